The molecule has 2 aromatic rings. The number of carbonyl (C=O) groups excluding carboxylic acids is 2. The van der Waals surface area contributed by atoms with Gasteiger partial charge >= 0.3 is 0 Å². The average Bonchev–Trinajstić information content (AvgIpc) is 2.66. The number of para-hydroxylation sites is 1. The molecule has 1 unspecified atom stereocenters. The highest BCUT2D eigenvalue weighted by atomic mass is 16.2. The van der Waals surface area contributed by atoms with Crippen LogP contribution in [0.15, 0.2) is 48.5 Å². The summed E-state index contributed by atoms with van der Waals surface area (Å²) in [4.78, 5) is 24.6. The lowest BCUT2D eigenvalue weighted by Gasteiger charge is -2.14. The van der Waals surface area contributed by atoms with E-state index in [0.717, 1.165) is 12.0 Å². The fraction of sp³-hybridized carbons (Fsp3) is 0.333. The Morgan fingerprint density at radius 1 is 1.08 bits per heavy atom. The van der Waals surface area contributed by atoms with E-state index in [1.807, 2.05) is 6.92 Å². The third-order valence-corrected chi connectivity index (χ3v) is 4.32. The van der Waals surface area contributed by atoms with Gasteiger partial charge in [0.2, 0.25) is 5.91 Å². The number of amides is 2. The molecule has 26 heavy (non-hydrogen) atoms. The molecule has 4 N–H and O–H groups in total. The standard InChI is InChI=1S/C21H27N3O2/c1-3-16-8-10-17(11-9-16)15(2)14-20(25)24-19-7-5-4-6-18(19)21(26)23-13-12-22/h4-11,15H,3,12-14,22H2,1-2H3,(H,23,26)(H,24,25). The molecule has 0 fully saturated rings. The Morgan fingerprint density at radius 2 is 1.77 bits per heavy atom. The monoisotopic (exact) mass is 353 g/mol. The van der Waals surface area contributed by atoms with E-state index in [0.29, 0.717) is 30.8 Å². The van der Waals surface area contributed by atoms with Crippen molar-refractivity contribution in [2.24, 2.45) is 5.73 Å². The minimum absolute atomic E-state index is 0.0964. The molecule has 2 rings (SSSR count). The lowest BCUT2D eigenvalue weighted by molar-refractivity contribution is -0.116. The van der Waals surface area contributed by atoms with Crippen molar-refractivity contribution in [1.29, 1.82) is 0 Å². The van der Waals surface area contributed by atoms with Crippen molar-refractivity contribution in [3.05, 3.63) is 65.2 Å². The Kier molecular flexibility index (Phi) is 7.36. The first kappa shape index (κ1) is 19.7. The topological polar surface area (TPSA) is 84.2 Å². The van der Waals surface area contributed by atoms with E-state index in [4.69, 9.17) is 5.73 Å². The summed E-state index contributed by atoms with van der Waals surface area (Å²) in [5.74, 6) is -0.259. The van der Waals surface area contributed by atoms with Gasteiger partial charge in [0.05, 0.1) is 11.3 Å². The van der Waals surface area contributed by atoms with Gasteiger partial charge in [0.15, 0.2) is 0 Å². The number of benzene rings is 2. The summed E-state index contributed by atoms with van der Waals surface area (Å²) < 4.78 is 0. The van der Waals surface area contributed by atoms with E-state index in [2.05, 4.69) is 41.8 Å². The highest BCUT2D eigenvalue weighted by molar-refractivity contribution is 6.03. The molecule has 0 saturated carbocycles. The number of rotatable bonds is 8. The van der Waals surface area contributed by atoms with E-state index >= 15 is 0 Å². The van der Waals surface area contributed by atoms with Gasteiger partial charge in [0.25, 0.3) is 5.91 Å². The summed E-state index contributed by atoms with van der Waals surface area (Å²) in [5.41, 5.74) is 8.78. The van der Waals surface area contributed by atoms with Crippen LogP contribution >= 0.6 is 0 Å². The van der Waals surface area contributed by atoms with Crippen molar-refractivity contribution in [2.75, 3.05) is 18.4 Å². The van der Waals surface area contributed by atoms with Crippen LogP contribution in [0.4, 0.5) is 5.69 Å². The molecule has 0 saturated heterocycles. The highest BCUT2D eigenvalue weighted by Gasteiger charge is 2.15. The molecule has 0 bridgehead atoms. The summed E-state index contributed by atoms with van der Waals surface area (Å²) in [6.45, 7) is 4.91. The van der Waals surface area contributed by atoms with Gasteiger partial charge in [0.1, 0.15) is 0 Å². The maximum atomic E-state index is 12.4. The second-order valence-corrected chi connectivity index (χ2v) is 6.34. The third-order valence-electron chi connectivity index (χ3n) is 4.32. The van der Waals surface area contributed by atoms with Crippen LogP contribution < -0.4 is 16.4 Å². The normalized spacial score (nSPS) is 11.7. The van der Waals surface area contributed by atoms with E-state index in [-0.39, 0.29) is 17.7 Å². The third kappa shape index (κ3) is 5.43. The lowest BCUT2D eigenvalue weighted by atomic mass is 9.96. The molecule has 0 spiro atoms. The first-order chi connectivity index (χ1) is 12.5. The van der Waals surface area contributed by atoms with Crippen LogP contribution in [0.2, 0.25) is 0 Å². The summed E-state index contributed by atoms with van der Waals surface area (Å²) in [6.07, 6.45) is 1.35. The molecule has 2 aromatic carbocycles. The van der Waals surface area contributed by atoms with Gasteiger partial charge < -0.3 is 16.4 Å². The number of carbonyl (C=O) groups is 2. The van der Waals surface area contributed by atoms with Crippen LogP contribution in [-0.4, -0.2) is 24.9 Å². The first-order valence-corrected chi connectivity index (χ1v) is 9.01. The number of aryl methyl sites for hydroxylation is 1. The van der Waals surface area contributed by atoms with Gasteiger partial charge in [-0.25, -0.2) is 0 Å². The van der Waals surface area contributed by atoms with E-state index in [9.17, 15) is 9.59 Å². The number of nitrogens with two attached hydrogens (primary N) is 1. The van der Waals surface area contributed by atoms with Crippen LogP contribution in [0.5, 0.6) is 0 Å². The predicted octanol–water partition coefficient (Wildman–Crippen LogP) is 3.07. The number of hydrogen-bond acceptors (Lipinski definition) is 3. The van der Waals surface area contributed by atoms with Crippen molar-refractivity contribution < 1.29 is 9.59 Å². The SMILES string of the molecule is CCc1ccc(C(C)CC(=O)Nc2ccccc2C(=O)NCCN)cc1. The zero-order valence-electron chi connectivity index (χ0n) is 15.4. The van der Waals surface area contributed by atoms with Crippen molar-refractivity contribution in [1.82, 2.24) is 5.32 Å². The van der Waals surface area contributed by atoms with Crippen LogP contribution in [0, 0.1) is 0 Å². The molecular weight excluding hydrogens is 326 g/mol. The summed E-state index contributed by atoms with van der Waals surface area (Å²) in [5, 5.41) is 5.58. The van der Waals surface area contributed by atoms with Crippen LogP contribution in [-0.2, 0) is 11.2 Å². The Morgan fingerprint density at radius 3 is 2.42 bits per heavy atom. The number of nitrogens with one attached hydrogen (secondary N) is 2. The number of anilines is 1. The van der Waals surface area contributed by atoms with Gasteiger partial charge in [-0.3, -0.25) is 9.59 Å². The zero-order chi connectivity index (χ0) is 18.9. The van der Waals surface area contributed by atoms with Crippen molar-refractivity contribution in [3.8, 4) is 0 Å². The van der Waals surface area contributed by atoms with Crippen molar-refractivity contribution in [2.45, 2.75) is 32.6 Å². The van der Waals surface area contributed by atoms with Gasteiger partial charge in [0, 0.05) is 19.5 Å². The van der Waals surface area contributed by atoms with Crippen LogP contribution in [0.25, 0.3) is 0 Å². The molecule has 0 aromatic heterocycles. The Bertz CT molecular complexity index is 741. The molecule has 5 nitrogen and oxygen atoms in total. The molecular formula is C21H27N3O2. The minimum atomic E-state index is -0.241. The molecule has 138 valence electrons. The fourth-order valence-corrected chi connectivity index (χ4v) is 2.75. The van der Waals surface area contributed by atoms with Crippen molar-refractivity contribution in [3.63, 3.8) is 0 Å². The molecule has 2 amide bonds. The zero-order valence-corrected chi connectivity index (χ0v) is 15.4. The second kappa shape index (κ2) is 9.73. The predicted molar refractivity (Wildman–Crippen MR) is 105 cm³/mol. The van der Waals surface area contributed by atoms with Crippen LogP contribution in [0.1, 0.15) is 47.7 Å². The summed E-state index contributed by atoms with van der Waals surface area (Å²) >= 11 is 0. The highest BCUT2D eigenvalue weighted by Crippen LogP contribution is 2.22. The molecule has 1 atom stereocenters. The van der Waals surface area contributed by atoms with Crippen molar-refractivity contribution >= 4 is 17.5 Å². The molecule has 5 heteroatoms. The number of hydrogen-bond donors (Lipinski definition) is 3. The molecule has 0 heterocycles. The van der Waals surface area contributed by atoms with Gasteiger partial charge in [-0.05, 0) is 35.6 Å². The average molecular weight is 353 g/mol. The largest absolute Gasteiger partial charge is 0.351 e. The Labute approximate surface area is 155 Å². The molecule has 0 aliphatic heterocycles. The molecule has 0 radical (unpaired) electrons. The molecule has 0 aliphatic carbocycles. The minimum Gasteiger partial charge on any atom is -0.351 e. The van der Waals surface area contributed by atoms with Gasteiger partial charge in [-0.1, -0.05) is 50.2 Å². The Hall–Kier alpha value is -2.66. The maximum absolute atomic E-state index is 12.4. The fourth-order valence-electron chi connectivity index (χ4n) is 2.75. The van der Waals surface area contributed by atoms with E-state index in [1.54, 1.807) is 24.3 Å². The quantitative estimate of drug-likeness (QED) is 0.682. The smallest absolute Gasteiger partial charge is 0.253 e. The maximum Gasteiger partial charge on any atom is 0.253 e. The van der Waals surface area contributed by atoms with E-state index < -0.39 is 0 Å². The van der Waals surface area contributed by atoms with Crippen LogP contribution in [0.3, 0.4) is 0 Å². The Balaban J connectivity index is 2.01. The van der Waals surface area contributed by atoms with E-state index in [1.165, 1.54) is 5.56 Å². The first-order valence-electron chi connectivity index (χ1n) is 9.01. The second-order valence-electron chi connectivity index (χ2n) is 6.34. The lowest BCUT2D eigenvalue weighted by Crippen LogP contribution is -2.30. The summed E-state index contributed by atoms with van der Waals surface area (Å²) in [6, 6.07) is 15.3. The molecule has 0 aliphatic rings. The van der Waals surface area contributed by atoms with Gasteiger partial charge in [-0.2, -0.15) is 0 Å². The van der Waals surface area contributed by atoms with Gasteiger partial charge in [-0.15, -0.1) is 0 Å². The summed E-state index contributed by atoms with van der Waals surface area (Å²) in [7, 11) is 0.